The number of ether oxygens (including phenoxy) is 8. The molecule has 2 saturated heterocycles. The number of amides is 1. The molecule has 2 aliphatic heterocycles. The maximum Gasteiger partial charge on any atom is 0.408 e. The second kappa shape index (κ2) is 20.3. The van der Waals surface area contributed by atoms with Gasteiger partial charge in [0.1, 0.15) is 60.0 Å². The fourth-order valence-electron chi connectivity index (χ4n) is 11.6. The molecule has 3 aliphatic carbocycles. The SMILES string of the molecule is CC(=O)O[C@@H]1C2=C(C)[C@@H](OC(=O)[C@H](O)[C@@H](NC(=O)OC(C)(C)C)c3ccccc3)C[C@@](O)([C@@H](OC(=O)c3ccccc3)C3[C@@](C)([C@@H](OC4O[C@@H](CO)[C@H](O)[C@@H](O)[C@@H]4O)C[C@H]4OC[C@@]34OC(C)=O)[C@H]1O)C2(C)C. The summed E-state index contributed by atoms with van der Waals surface area (Å²) in [6.45, 7) is 11.9. The largest absolute Gasteiger partial charge is 0.456 e. The molecular weight excluding hydrogens is 947 g/mol. The quantitative estimate of drug-likeness (QED) is 0.0847. The second-order valence-corrected chi connectivity index (χ2v) is 21.2. The van der Waals surface area contributed by atoms with Crippen molar-refractivity contribution in [2.75, 3.05) is 13.2 Å². The van der Waals surface area contributed by atoms with Gasteiger partial charge in [-0.25, -0.2) is 14.4 Å². The maximum absolute atomic E-state index is 14.7. The highest BCUT2D eigenvalue weighted by Crippen LogP contribution is 2.66. The molecule has 2 aromatic carbocycles. The Hall–Kier alpha value is -5.07. The van der Waals surface area contributed by atoms with Gasteiger partial charge in [-0.15, -0.1) is 0 Å². The van der Waals surface area contributed by atoms with Crippen LogP contribution in [0.5, 0.6) is 0 Å². The van der Waals surface area contributed by atoms with Crippen LogP contribution < -0.4 is 5.32 Å². The van der Waals surface area contributed by atoms with Crippen molar-refractivity contribution in [3.8, 4) is 0 Å². The third-order valence-electron chi connectivity index (χ3n) is 15.2. The highest BCUT2D eigenvalue weighted by Gasteiger charge is 2.79. The van der Waals surface area contributed by atoms with Gasteiger partial charge in [0.05, 0.1) is 36.8 Å². The molecule has 396 valence electrons. The smallest absolute Gasteiger partial charge is 0.408 e. The summed E-state index contributed by atoms with van der Waals surface area (Å²) in [6.07, 6.45) is -23.0. The van der Waals surface area contributed by atoms with Crippen LogP contribution in [0.1, 0.15) is 97.1 Å². The molecule has 72 heavy (non-hydrogen) atoms. The molecule has 2 bridgehead atoms. The third kappa shape index (κ3) is 9.76. The molecule has 2 unspecified atom stereocenters. The molecule has 0 spiro atoms. The third-order valence-corrected chi connectivity index (χ3v) is 15.2. The lowest BCUT2D eigenvalue weighted by molar-refractivity contribution is -0.389. The van der Waals surface area contributed by atoms with Gasteiger partial charge in [-0.3, -0.25) is 9.59 Å². The van der Waals surface area contributed by atoms with E-state index >= 15 is 0 Å². The molecule has 2 heterocycles. The Morgan fingerprint density at radius 3 is 2.04 bits per heavy atom. The zero-order valence-electron chi connectivity index (χ0n) is 41.6. The molecule has 1 amide bonds. The summed E-state index contributed by atoms with van der Waals surface area (Å²) >= 11 is 0. The van der Waals surface area contributed by atoms with Gasteiger partial charge in [-0.1, -0.05) is 69.3 Å². The number of hydrogen-bond acceptors (Lipinski definition) is 20. The second-order valence-electron chi connectivity index (χ2n) is 21.2. The first-order valence-corrected chi connectivity index (χ1v) is 23.9. The predicted octanol–water partition coefficient (Wildman–Crippen LogP) is 1.45. The minimum atomic E-state index is -2.52. The van der Waals surface area contributed by atoms with Crippen LogP contribution in [0.4, 0.5) is 4.79 Å². The number of fused-ring (bicyclic) bond motifs is 5. The van der Waals surface area contributed by atoms with Crippen molar-refractivity contribution in [3.63, 3.8) is 0 Å². The van der Waals surface area contributed by atoms with Crippen LogP contribution in [0.2, 0.25) is 0 Å². The molecule has 4 fully saturated rings. The van der Waals surface area contributed by atoms with E-state index in [4.69, 9.17) is 37.9 Å². The summed E-state index contributed by atoms with van der Waals surface area (Å²) in [7, 11) is 0. The van der Waals surface area contributed by atoms with Gasteiger partial charge in [0.15, 0.2) is 24.1 Å². The average molecular weight is 1010 g/mol. The number of carbonyl (C=O) groups excluding carboxylic acids is 5. The van der Waals surface area contributed by atoms with E-state index in [0.717, 1.165) is 13.8 Å². The van der Waals surface area contributed by atoms with Crippen molar-refractivity contribution >= 4 is 30.0 Å². The zero-order valence-corrected chi connectivity index (χ0v) is 41.6. The van der Waals surface area contributed by atoms with E-state index in [0.29, 0.717) is 0 Å². The lowest BCUT2D eigenvalue weighted by atomic mass is 9.44. The molecular formula is C51H67NO20. The van der Waals surface area contributed by atoms with Crippen LogP contribution in [0.15, 0.2) is 71.8 Å². The maximum atomic E-state index is 14.7. The van der Waals surface area contributed by atoms with Gasteiger partial charge in [0.2, 0.25) is 0 Å². The van der Waals surface area contributed by atoms with Gasteiger partial charge in [0.25, 0.3) is 0 Å². The predicted molar refractivity (Wildman–Crippen MR) is 247 cm³/mol. The molecule has 21 heteroatoms. The number of benzene rings is 2. The summed E-state index contributed by atoms with van der Waals surface area (Å²) in [4.78, 5) is 69.1. The Labute approximate surface area is 416 Å². The van der Waals surface area contributed by atoms with Crippen molar-refractivity contribution in [3.05, 3.63) is 82.9 Å². The van der Waals surface area contributed by atoms with Gasteiger partial charge in [-0.2, -0.15) is 0 Å². The molecule has 7 rings (SSSR count). The lowest BCUT2D eigenvalue weighted by Gasteiger charge is -2.69. The first-order chi connectivity index (χ1) is 33.6. The highest BCUT2D eigenvalue weighted by atomic mass is 16.7. The van der Waals surface area contributed by atoms with Crippen molar-refractivity contribution in [2.45, 2.75) is 171 Å². The number of aliphatic hydroxyl groups excluding tert-OH is 6. The number of rotatable bonds is 12. The van der Waals surface area contributed by atoms with Gasteiger partial charge >= 0.3 is 30.0 Å². The summed E-state index contributed by atoms with van der Waals surface area (Å²) in [5.74, 6) is -5.73. The summed E-state index contributed by atoms with van der Waals surface area (Å²) < 4.78 is 48.9. The van der Waals surface area contributed by atoms with E-state index in [2.05, 4.69) is 5.32 Å². The van der Waals surface area contributed by atoms with Crippen LogP contribution >= 0.6 is 0 Å². The average Bonchev–Trinajstić information content (AvgIpc) is 3.30. The van der Waals surface area contributed by atoms with E-state index in [1.54, 1.807) is 83.1 Å². The molecule has 0 aromatic heterocycles. The van der Waals surface area contributed by atoms with Crippen LogP contribution in [-0.4, -0.2) is 169 Å². The number of hydrogen-bond donors (Lipinski definition) is 8. The molecule has 8 N–H and O–H groups in total. The molecule has 2 aromatic rings. The summed E-state index contributed by atoms with van der Waals surface area (Å²) in [5.41, 5.74) is -8.79. The lowest BCUT2D eigenvalue weighted by Crippen LogP contribution is -2.83. The van der Waals surface area contributed by atoms with Crippen molar-refractivity contribution < 1.29 is 97.6 Å². The molecule has 2 saturated carbocycles. The van der Waals surface area contributed by atoms with Crippen LogP contribution in [-0.2, 0) is 52.3 Å². The molecule has 17 atom stereocenters. The topological polar surface area (TPSA) is 313 Å². The van der Waals surface area contributed by atoms with E-state index in [9.17, 15) is 59.7 Å². The van der Waals surface area contributed by atoms with Crippen molar-refractivity contribution in [2.24, 2.45) is 16.7 Å². The Balaban J connectivity index is 1.43. The standard InChI is InChI=1S/C51H67NO20/c1-24-29(67-44(62)36(57)34(27-16-12-10-13-17-27)52-46(63)72-47(4,5)6)21-51(64)42(70-43(61)28-18-14-11-15-19-28)40-49(9,41(60)39(66-25(2)54)33(24)48(51,7)8)31(20-32-50(40,23-65-32)71-26(3)55)69-45-38(59)37(58)35(56)30(22-53)68-45/h10-19,29-32,34-42,45,53,56-60,64H,20-23H2,1-9H3,(H,52,63)/t29-,30-,31-,32+,34-,35-,36+,37+,38-,39+,40?,41-,42-,45?,49+,50-,51+/m0/s1. The number of aliphatic hydroxyl groups is 7. The monoisotopic (exact) mass is 1010 g/mol. The van der Waals surface area contributed by atoms with E-state index in [-0.39, 0.29) is 28.7 Å². The van der Waals surface area contributed by atoms with Crippen LogP contribution in [0, 0.1) is 16.7 Å². The zero-order chi connectivity index (χ0) is 53.0. The Bertz CT molecular complexity index is 2370. The molecule has 0 radical (unpaired) electrons. The van der Waals surface area contributed by atoms with E-state index in [1.807, 2.05) is 0 Å². The van der Waals surface area contributed by atoms with Gasteiger partial charge in [-0.05, 0) is 56.5 Å². The number of carbonyl (C=O) groups is 5. The van der Waals surface area contributed by atoms with Gasteiger partial charge in [0, 0.05) is 37.5 Å². The van der Waals surface area contributed by atoms with Crippen LogP contribution in [0.25, 0.3) is 0 Å². The van der Waals surface area contributed by atoms with Crippen LogP contribution in [0.3, 0.4) is 0 Å². The minimum absolute atomic E-state index is 0.00665. The van der Waals surface area contributed by atoms with E-state index < -0.39 is 163 Å². The first-order valence-electron chi connectivity index (χ1n) is 23.9. The highest BCUT2D eigenvalue weighted by molar-refractivity contribution is 5.89. The summed E-state index contributed by atoms with van der Waals surface area (Å²) in [6, 6.07) is 14.3. The number of nitrogens with one attached hydrogen (secondary N) is 1. The minimum Gasteiger partial charge on any atom is -0.456 e. The Morgan fingerprint density at radius 2 is 1.49 bits per heavy atom. The Kier molecular flexibility index (Phi) is 15.4. The number of alkyl carbamates (subject to hydrolysis) is 1. The number of esters is 4. The van der Waals surface area contributed by atoms with E-state index in [1.165, 1.54) is 26.0 Å². The normalized spacial score (nSPS) is 36.8. The Morgan fingerprint density at radius 1 is 0.861 bits per heavy atom. The van der Waals surface area contributed by atoms with Crippen molar-refractivity contribution in [1.29, 1.82) is 0 Å². The molecule has 5 aliphatic rings. The fraction of sp³-hybridized carbons (Fsp3) is 0.627. The summed E-state index contributed by atoms with van der Waals surface area (Å²) in [5, 5.41) is 84.8. The first kappa shape index (κ1) is 54.7. The fourth-order valence-corrected chi connectivity index (χ4v) is 11.6. The van der Waals surface area contributed by atoms with Crippen molar-refractivity contribution in [1.82, 2.24) is 5.32 Å². The van der Waals surface area contributed by atoms with Gasteiger partial charge < -0.3 is 79.0 Å². The molecule has 21 nitrogen and oxygen atoms in total.